The van der Waals surface area contributed by atoms with E-state index in [0.717, 1.165) is 54.4 Å². The molecule has 4 aromatic carbocycles. The maximum absolute atomic E-state index is 11.0. The van der Waals surface area contributed by atoms with Crippen molar-refractivity contribution < 1.29 is 10.2 Å². The van der Waals surface area contributed by atoms with Gasteiger partial charge >= 0.3 is 0 Å². The highest BCUT2D eigenvalue weighted by molar-refractivity contribution is 7.95. The molecule has 0 spiro atoms. The average Bonchev–Trinajstić information content (AvgIpc) is 3.06. The van der Waals surface area contributed by atoms with E-state index in [1.165, 1.54) is 67.0 Å². The Morgan fingerprint density at radius 2 is 0.744 bits per heavy atom. The number of phenolic OH excluding ortho intramolecular Hbond substituents is 2. The summed E-state index contributed by atoms with van der Waals surface area (Å²) < 4.78 is 0. The minimum absolute atomic E-state index is 0.424. The number of rotatable bonds is 17. The zero-order valence-corrected chi connectivity index (χ0v) is 27.6. The van der Waals surface area contributed by atoms with E-state index in [1.807, 2.05) is 0 Å². The molecule has 0 amide bonds. The fourth-order valence-corrected chi connectivity index (χ4v) is 11.4. The fourth-order valence-electron chi connectivity index (χ4n) is 6.94. The molecule has 2 nitrogen and oxygen atoms in total. The van der Waals surface area contributed by atoms with Gasteiger partial charge < -0.3 is 10.2 Å². The van der Waals surface area contributed by atoms with Crippen LogP contribution in [0.1, 0.15) is 94.4 Å². The molecule has 4 aromatic rings. The maximum atomic E-state index is 11.0. The molecular weight excluding hydrogens is 543 g/mol. The summed E-state index contributed by atoms with van der Waals surface area (Å²) in [6, 6.07) is 33.7. The van der Waals surface area contributed by atoms with Crippen LogP contribution >= 0.6 is 7.26 Å². The van der Waals surface area contributed by atoms with Gasteiger partial charge in [0.2, 0.25) is 0 Å². The van der Waals surface area contributed by atoms with Crippen molar-refractivity contribution in [3.63, 3.8) is 0 Å². The molecule has 0 atom stereocenters. The molecule has 0 heterocycles. The van der Waals surface area contributed by atoms with E-state index in [2.05, 4.69) is 112 Å². The van der Waals surface area contributed by atoms with Gasteiger partial charge in [-0.25, -0.2) is 0 Å². The zero-order valence-electron chi connectivity index (χ0n) is 26.7. The van der Waals surface area contributed by atoms with Crippen LogP contribution in [-0.2, 0) is 25.7 Å². The highest BCUT2D eigenvalue weighted by atomic mass is 31.2. The Labute approximate surface area is 261 Å². The Hall–Kier alpha value is -3.09. The first-order chi connectivity index (χ1) is 21.1. The van der Waals surface area contributed by atoms with E-state index in [-0.39, 0.29) is 0 Å². The average molecular weight is 596 g/mol. The summed E-state index contributed by atoms with van der Waals surface area (Å²) in [6.07, 6.45) is 14.1. The van der Waals surface area contributed by atoms with Crippen LogP contribution in [0.3, 0.4) is 0 Å². The normalized spacial score (nSPS) is 11.6. The molecule has 0 fully saturated rings. The molecule has 0 saturated heterocycles. The number of aromatic hydroxyl groups is 2. The van der Waals surface area contributed by atoms with Gasteiger partial charge in [0, 0.05) is 22.3 Å². The fraction of sp³-hybridized carbons (Fsp3) is 0.400. The van der Waals surface area contributed by atoms with E-state index in [4.69, 9.17) is 0 Å². The third-order valence-corrected chi connectivity index (χ3v) is 13.7. The molecule has 0 aromatic heterocycles. The van der Waals surface area contributed by atoms with Crippen LogP contribution in [0, 0.1) is 0 Å². The number of unbranched alkanes of at least 4 members (excludes halogenated alkanes) is 7. The van der Waals surface area contributed by atoms with Gasteiger partial charge in [-0.1, -0.05) is 107 Å². The van der Waals surface area contributed by atoms with Gasteiger partial charge in [-0.3, -0.25) is 0 Å². The van der Waals surface area contributed by atoms with Crippen molar-refractivity contribution in [1.82, 2.24) is 0 Å². The van der Waals surface area contributed by atoms with Crippen molar-refractivity contribution in [1.29, 1.82) is 0 Å². The minimum Gasteiger partial charge on any atom is -0.507 e. The summed E-state index contributed by atoms with van der Waals surface area (Å²) >= 11 is 0. The van der Waals surface area contributed by atoms with Crippen molar-refractivity contribution in [3.05, 3.63) is 113 Å². The SMILES string of the molecule is CCc1c(O)c(CC)c(CCCCCCCCCC[P+](c2ccccc2)(c2ccccc2)c2ccccc2)c(O)c1CC. The lowest BCUT2D eigenvalue weighted by atomic mass is 9.89. The minimum atomic E-state index is -1.72. The van der Waals surface area contributed by atoms with Gasteiger partial charge in [-0.05, 0) is 81.3 Å². The van der Waals surface area contributed by atoms with Gasteiger partial charge in [-0.2, -0.15) is 0 Å². The number of benzene rings is 4. The molecule has 0 bridgehead atoms. The second-order valence-corrected chi connectivity index (χ2v) is 15.4. The second-order valence-electron chi connectivity index (χ2n) is 11.8. The predicted molar refractivity (Wildman–Crippen MR) is 189 cm³/mol. The van der Waals surface area contributed by atoms with E-state index >= 15 is 0 Å². The summed E-state index contributed by atoms with van der Waals surface area (Å²) in [5.41, 5.74) is 3.80. The first-order valence-corrected chi connectivity index (χ1v) is 18.7. The van der Waals surface area contributed by atoms with Crippen LogP contribution in [0.5, 0.6) is 11.5 Å². The molecule has 4 rings (SSSR count). The summed E-state index contributed by atoms with van der Waals surface area (Å²) in [6.45, 7) is 6.20. The molecule has 43 heavy (non-hydrogen) atoms. The lowest BCUT2D eigenvalue weighted by molar-refractivity contribution is 0.435. The lowest BCUT2D eigenvalue weighted by Gasteiger charge is -2.27. The highest BCUT2D eigenvalue weighted by Crippen LogP contribution is 2.56. The molecule has 0 aliphatic rings. The van der Waals surface area contributed by atoms with Crippen molar-refractivity contribution >= 4 is 23.2 Å². The molecule has 3 heteroatoms. The smallest absolute Gasteiger partial charge is 0.122 e. The van der Waals surface area contributed by atoms with Crippen LogP contribution in [0.15, 0.2) is 91.0 Å². The first kappa shape index (κ1) is 32.8. The molecule has 2 N–H and O–H groups in total. The van der Waals surface area contributed by atoms with E-state index in [9.17, 15) is 10.2 Å². The quantitative estimate of drug-likeness (QED) is 0.0725. The van der Waals surface area contributed by atoms with Crippen molar-refractivity contribution in [2.24, 2.45) is 0 Å². The van der Waals surface area contributed by atoms with Crippen molar-refractivity contribution in [3.8, 4) is 11.5 Å². The highest BCUT2D eigenvalue weighted by Gasteiger charge is 2.44. The molecule has 0 aliphatic carbocycles. The molecule has 228 valence electrons. The summed E-state index contributed by atoms with van der Waals surface area (Å²) in [7, 11) is -1.72. The van der Waals surface area contributed by atoms with E-state index in [0.29, 0.717) is 11.5 Å². The Balaban J connectivity index is 1.29. The molecular formula is C40H52O2P+. The summed E-state index contributed by atoms with van der Waals surface area (Å²) in [5, 5.41) is 26.4. The zero-order chi connectivity index (χ0) is 30.5. The topological polar surface area (TPSA) is 40.5 Å². The van der Waals surface area contributed by atoms with Crippen LogP contribution in [0.25, 0.3) is 0 Å². The molecule has 0 unspecified atom stereocenters. The summed E-state index contributed by atoms with van der Waals surface area (Å²) in [4.78, 5) is 0. The second kappa shape index (κ2) is 16.7. The van der Waals surface area contributed by atoms with Crippen LogP contribution in [-0.4, -0.2) is 16.4 Å². The predicted octanol–water partition coefficient (Wildman–Crippen LogP) is 9.44. The van der Waals surface area contributed by atoms with Crippen LogP contribution < -0.4 is 15.9 Å². The third kappa shape index (κ3) is 7.71. The standard InChI is InChI=1S/C40H51O2P/c1-4-35-36(5-2)40(42)38(37(6-3)39(35)41)30-22-11-9-7-8-10-12-23-31-43(32-24-16-13-17-25-32,33-26-18-14-19-27-33)34-28-20-15-21-29-34/h13-21,24-29H,4-12,22-23,30-31H2,1-3H3,(H-,41,42)/p+1. The van der Waals surface area contributed by atoms with Crippen molar-refractivity contribution in [2.45, 2.75) is 97.8 Å². The van der Waals surface area contributed by atoms with E-state index in [1.54, 1.807) is 0 Å². The number of phenols is 2. The maximum Gasteiger partial charge on any atom is 0.122 e. The molecule has 0 radical (unpaired) electrons. The van der Waals surface area contributed by atoms with Crippen LogP contribution in [0.2, 0.25) is 0 Å². The largest absolute Gasteiger partial charge is 0.507 e. The van der Waals surface area contributed by atoms with Gasteiger partial charge in [-0.15, -0.1) is 0 Å². The van der Waals surface area contributed by atoms with E-state index < -0.39 is 7.26 Å². The third-order valence-electron chi connectivity index (χ3n) is 9.19. The number of hydrogen-bond acceptors (Lipinski definition) is 2. The Kier molecular flexibility index (Phi) is 12.7. The van der Waals surface area contributed by atoms with Gasteiger partial charge in [0.05, 0.1) is 6.16 Å². The van der Waals surface area contributed by atoms with Gasteiger partial charge in [0.15, 0.2) is 0 Å². The molecule has 0 saturated carbocycles. The lowest BCUT2D eigenvalue weighted by Crippen LogP contribution is -2.33. The van der Waals surface area contributed by atoms with Crippen molar-refractivity contribution in [2.75, 3.05) is 6.16 Å². The summed E-state index contributed by atoms with van der Waals surface area (Å²) in [5.74, 6) is 0.863. The van der Waals surface area contributed by atoms with Gasteiger partial charge in [0.1, 0.15) is 34.7 Å². The Morgan fingerprint density at radius 1 is 0.419 bits per heavy atom. The van der Waals surface area contributed by atoms with Crippen LogP contribution in [0.4, 0.5) is 0 Å². The monoisotopic (exact) mass is 595 g/mol. The first-order valence-electron chi connectivity index (χ1n) is 16.7. The Bertz CT molecular complexity index is 1290. The Morgan fingerprint density at radius 3 is 1.14 bits per heavy atom. The number of hydrogen-bond donors (Lipinski definition) is 2. The molecule has 0 aliphatic heterocycles. The van der Waals surface area contributed by atoms with Gasteiger partial charge in [0.25, 0.3) is 0 Å².